The van der Waals surface area contributed by atoms with E-state index in [0.717, 1.165) is 0 Å². The third-order valence-corrected chi connectivity index (χ3v) is 4.83. The Bertz CT molecular complexity index is 325. The number of thioether (sulfide) groups is 2. The highest BCUT2D eigenvalue weighted by atomic mass is 32.2. The molecule has 0 rings (SSSR count). The Hall–Kier alpha value is -0.440. The fourth-order valence-electron chi connectivity index (χ4n) is 1.97. The summed E-state index contributed by atoms with van der Waals surface area (Å²) in [5, 5.41) is 18.5. The third-order valence-electron chi connectivity index (χ3n) is 3.60. The lowest BCUT2D eigenvalue weighted by molar-refractivity contribution is -0.144. The van der Waals surface area contributed by atoms with Crippen LogP contribution in [-0.2, 0) is 9.59 Å². The predicted octanol–water partition coefficient (Wildman–Crippen LogP) is 1.23. The van der Waals surface area contributed by atoms with E-state index in [2.05, 4.69) is 0 Å². The van der Waals surface area contributed by atoms with Crippen LogP contribution >= 0.6 is 23.5 Å². The fourth-order valence-corrected chi connectivity index (χ4v) is 3.10. The third kappa shape index (κ3) is 6.90. The van der Waals surface area contributed by atoms with Crippen LogP contribution < -0.4 is 11.5 Å². The number of hydrogen-bond acceptors (Lipinski definition) is 6. The molecule has 21 heavy (non-hydrogen) atoms. The Kier molecular flexibility index (Phi) is 9.35. The number of carbonyl (C=O) groups is 2. The van der Waals surface area contributed by atoms with Gasteiger partial charge in [-0.05, 0) is 56.1 Å². The Balaban J connectivity index is 4.58. The molecular weight excluding hydrogens is 312 g/mol. The first kappa shape index (κ1) is 20.6. The van der Waals surface area contributed by atoms with Crippen molar-refractivity contribution in [3.8, 4) is 0 Å². The maximum atomic E-state index is 11.3. The van der Waals surface area contributed by atoms with Gasteiger partial charge in [0, 0.05) is 0 Å². The van der Waals surface area contributed by atoms with Gasteiger partial charge in [-0.25, -0.2) is 0 Å². The lowest BCUT2D eigenvalue weighted by Crippen LogP contribution is -2.51. The molecule has 0 radical (unpaired) electrons. The monoisotopic (exact) mass is 338 g/mol. The minimum atomic E-state index is -1.30. The van der Waals surface area contributed by atoms with Gasteiger partial charge in [-0.15, -0.1) is 0 Å². The summed E-state index contributed by atoms with van der Waals surface area (Å²) in [5.74, 6) is -0.776. The van der Waals surface area contributed by atoms with Crippen molar-refractivity contribution in [1.82, 2.24) is 0 Å². The van der Waals surface area contributed by atoms with Gasteiger partial charge in [-0.3, -0.25) is 9.59 Å². The summed E-state index contributed by atoms with van der Waals surface area (Å²) >= 11 is 3.07. The van der Waals surface area contributed by atoms with Crippen LogP contribution in [0.2, 0.25) is 0 Å². The molecule has 0 saturated carbocycles. The zero-order chi connectivity index (χ0) is 16.5. The van der Waals surface area contributed by atoms with E-state index in [1.54, 1.807) is 0 Å². The van der Waals surface area contributed by atoms with Crippen molar-refractivity contribution in [3.63, 3.8) is 0 Å². The number of carboxylic acid groups (broad SMARTS) is 2. The molecule has 0 amide bonds. The highest BCUT2D eigenvalue weighted by Gasteiger charge is 2.37. The molecule has 0 aromatic rings. The van der Waals surface area contributed by atoms with Crippen molar-refractivity contribution in [2.45, 2.75) is 43.2 Å². The maximum Gasteiger partial charge on any atom is 0.323 e. The predicted molar refractivity (Wildman–Crippen MR) is 89.0 cm³/mol. The molecule has 0 spiro atoms. The van der Waals surface area contributed by atoms with Gasteiger partial charge in [-0.2, -0.15) is 23.5 Å². The first-order valence-electron chi connectivity index (χ1n) is 6.74. The second kappa shape index (κ2) is 9.55. The van der Waals surface area contributed by atoms with Gasteiger partial charge in [-0.1, -0.05) is 0 Å². The van der Waals surface area contributed by atoms with Gasteiger partial charge in [0.25, 0.3) is 0 Å². The summed E-state index contributed by atoms with van der Waals surface area (Å²) in [4.78, 5) is 22.6. The van der Waals surface area contributed by atoms with Crippen LogP contribution in [0.5, 0.6) is 0 Å². The molecule has 0 aliphatic rings. The Labute approximate surface area is 134 Å². The van der Waals surface area contributed by atoms with Gasteiger partial charge in [0.2, 0.25) is 0 Å². The fraction of sp³-hybridized carbons (Fsp3) is 0.846. The first-order chi connectivity index (χ1) is 9.72. The van der Waals surface area contributed by atoms with Crippen molar-refractivity contribution in [3.05, 3.63) is 0 Å². The minimum absolute atomic E-state index is 0.231. The van der Waals surface area contributed by atoms with E-state index in [9.17, 15) is 19.8 Å². The Morgan fingerprint density at radius 2 is 1.19 bits per heavy atom. The summed E-state index contributed by atoms with van der Waals surface area (Å²) in [6.45, 7) is 0. The maximum absolute atomic E-state index is 11.3. The number of carboxylic acids is 2. The average Bonchev–Trinajstić information content (AvgIpc) is 2.42. The van der Waals surface area contributed by atoms with Crippen molar-refractivity contribution < 1.29 is 19.8 Å². The summed E-state index contributed by atoms with van der Waals surface area (Å²) in [6, 6.07) is 0. The molecule has 0 aromatic carbocycles. The van der Waals surface area contributed by atoms with Crippen molar-refractivity contribution in [2.24, 2.45) is 11.5 Å². The number of rotatable bonds is 12. The summed E-state index contributed by atoms with van der Waals surface area (Å²) in [6.07, 6.45) is 5.34. The van der Waals surface area contributed by atoms with Gasteiger partial charge >= 0.3 is 11.9 Å². The van der Waals surface area contributed by atoms with Crippen LogP contribution in [0.1, 0.15) is 32.1 Å². The quantitative estimate of drug-likeness (QED) is 0.418. The van der Waals surface area contributed by atoms with Crippen molar-refractivity contribution >= 4 is 35.5 Å². The first-order valence-corrected chi connectivity index (χ1v) is 9.53. The van der Waals surface area contributed by atoms with Gasteiger partial charge in [0.15, 0.2) is 0 Å². The molecule has 0 aliphatic carbocycles. The normalized spacial score (nSPS) is 17.0. The van der Waals surface area contributed by atoms with E-state index in [-0.39, 0.29) is 12.8 Å². The van der Waals surface area contributed by atoms with E-state index in [1.807, 2.05) is 12.5 Å². The second-order valence-electron chi connectivity index (χ2n) is 5.26. The summed E-state index contributed by atoms with van der Waals surface area (Å²) in [7, 11) is 0. The van der Waals surface area contributed by atoms with Crippen LogP contribution in [0.3, 0.4) is 0 Å². The number of aliphatic carboxylic acids is 2. The smallest absolute Gasteiger partial charge is 0.323 e. The summed E-state index contributed by atoms with van der Waals surface area (Å²) in [5.41, 5.74) is 9.25. The summed E-state index contributed by atoms with van der Waals surface area (Å²) < 4.78 is 0. The van der Waals surface area contributed by atoms with Crippen molar-refractivity contribution in [1.29, 1.82) is 0 Å². The van der Waals surface area contributed by atoms with Gasteiger partial charge in [0.05, 0.1) is 0 Å². The molecule has 0 aromatic heterocycles. The molecule has 124 valence electrons. The van der Waals surface area contributed by atoms with Crippen LogP contribution in [0.4, 0.5) is 0 Å². The molecule has 6 nitrogen and oxygen atoms in total. The number of hydrogen-bond donors (Lipinski definition) is 4. The largest absolute Gasteiger partial charge is 0.480 e. The zero-order valence-electron chi connectivity index (χ0n) is 12.6. The highest BCUT2D eigenvalue weighted by molar-refractivity contribution is 7.98. The lowest BCUT2D eigenvalue weighted by Gasteiger charge is -2.28. The second-order valence-corrected chi connectivity index (χ2v) is 7.23. The highest BCUT2D eigenvalue weighted by Crippen LogP contribution is 2.23. The van der Waals surface area contributed by atoms with Crippen molar-refractivity contribution in [2.75, 3.05) is 24.0 Å². The topological polar surface area (TPSA) is 127 Å². The lowest BCUT2D eigenvalue weighted by atomic mass is 9.85. The molecule has 0 heterocycles. The van der Waals surface area contributed by atoms with E-state index in [1.165, 1.54) is 23.5 Å². The van der Waals surface area contributed by atoms with Crippen LogP contribution in [-0.4, -0.2) is 57.2 Å². The Morgan fingerprint density at radius 1 is 0.857 bits per heavy atom. The molecule has 6 N–H and O–H groups in total. The van der Waals surface area contributed by atoms with Gasteiger partial charge < -0.3 is 21.7 Å². The van der Waals surface area contributed by atoms with E-state index < -0.39 is 23.0 Å². The average molecular weight is 338 g/mol. The van der Waals surface area contributed by atoms with Gasteiger partial charge in [0.1, 0.15) is 11.1 Å². The molecule has 0 fully saturated rings. The Morgan fingerprint density at radius 3 is 1.43 bits per heavy atom. The van der Waals surface area contributed by atoms with Crippen LogP contribution in [0, 0.1) is 0 Å². The van der Waals surface area contributed by atoms with E-state index >= 15 is 0 Å². The molecule has 2 atom stereocenters. The molecule has 0 saturated heterocycles. The molecule has 0 bridgehead atoms. The number of nitrogens with two attached hydrogens (primary N) is 2. The molecule has 2 unspecified atom stereocenters. The van der Waals surface area contributed by atoms with Crippen LogP contribution in [0.25, 0.3) is 0 Å². The zero-order valence-corrected chi connectivity index (χ0v) is 14.3. The minimum Gasteiger partial charge on any atom is -0.480 e. The van der Waals surface area contributed by atoms with Crippen LogP contribution in [0.15, 0.2) is 0 Å². The van der Waals surface area contributed by atoms with E-state index in [0.29, 0.717) is 30.8 Å². The molecule has 0 aliphatic heterocycles. The standard InChI is InChI=1S/C13H26N2O4S2/c1-20-8-6-12(14,10(16)17)4-3-5-13(15,11(18)19)7-9-21-2/h3-9,14-15H2,1-2H3,(H,16,17)(H,18,19). The van der Waals surface area contributed by atoms with E-state index in [4.69, 9.17) is 11.5 Å². The SMILES string of the molecule is CSCCC(N)(CCCC(N)(CCSC)C(=O)O)C(=O)O. The molecule has 8 heteroatoms. The molecular formula is C13H26N2O4S2.